The summed E-state index contributed by atoms with van der Waals surface area (Å²) in [5, 5.41) is 44.7. The number of rotatable bonds is 11. The van der Waals surface area contributed by atoms with Gasteiger partial charge in [-0.15, -0.1) is 22.7 Å². The van der Waals surface area contributed by atoms with Crippen LogP contribution in [0.4, 0.5) is 5.69 Å². The number of halogens is 3. The number of piperazine rings is 2. The first kappa shape index (κ1) is 68.7. The van der Waals surface area contributed by atoms with Crippen LogP contribution < -0.4 is 10.2 Å². The Hall–Kier alpha value is -3.61. The number of nitrogens with one attached hydrogen (secondary N) is 1. The van der Waals surface area contributed by atoms with E-state index in [1.54, 1.807) is 101 Å². The fourth-order valence-corrected chi connectivity index (χ4v) is 13.3. The first-order valence-electron chi connectivity index (χ1n) is 23.7. The van der Waals surface area contributed by atoms with Gasteiger partial charge in [-0.2, -0.15) is 8.61 Å². The fourth-order valence-electron chi connectivity index (χ4n) is 7.14. The summed E-state index contributed by atoms with van der Waals surface area (Å²) in [5.41, 5.74) is 2.99. The van der Waals surface area contributed by atoms with Gasteiger partial charge in [-0.1, -0.05) is 121 Å². The van der Waals surface area contributed by atoms with E-state index < -0.39 is 46.1 Å². The number of nitrogens with zero attached hydrogens (tertiary/aromatic N) is 3. The molecule has 25 heteroatoms. The molecular weight excluding hydrogens is 1460 g/mol. The molecule has 0 amide bonds. The molecule has 0 saturated carbocycles. The van der Waals surface area contributed by atoms with E-state index in [4.69, 9.17) is 19.3 Å². The predicted octanol–water partition coefficient (Wildman–Crippen LogP) is 9.88. The van der Waals surface area contributed by atoms with Gasteiger partial charge in [0.25, 0.3) is 20.0 Å². The molecular formula is C53H65Br3N4O13OsS4. The summed E-state index contributed by atoms with van der Waals surface area (Å²) < 4.78 is 91.1. The van der Waals surface area contributed by atoms with E-state index in [2.05, 4.69) is 64.6 Å². The Balaban J connectivity index is 0.000000265. The van der Waals surface area contributed by atoms with Gasteiger partial charge in [-0.25, -0.2) is 16.8 Å². The zero-order chi connectivity index (χ0) is 58.6. The Morgan fingerprint density at radius 2 is 1.03 bits per heavy atom. The SMILES string of the molecule is C=C(C)c1ccc(Br)cc1.CC(=O)c1ccc(Br)cc1.CC(O)(CO)c1ccc(Br)cc1.C[C@H]1CN(S(=O)(=O)c2cccs2)CCN1.C[C@H]1CN(S(=O)(=O)c2cccs2)CCN1c1ccc(C(C)(O)CO)cc1.[O]=[Os](=[O])(=[O])=[O]. The number of aliphatic hydroxyl groups is 4. The molecule has 17 nitrogen and oxygen atoms in total. The molecule has 2 saturated heterocycles. The third kappa shape index (κ3) is 22.7. The monoisotopic (exact) mass is 1520 g/mol. The molecule has 0 bridgehead atoms. The van der Waals surface area contributed by atoms with Crippen LogP contribution in [0, 0.1) is 0 Å². The number of carbonyl (C=O) groups excluding carboxylic acids is 1. The molecule has 0 radical (unpaired) electrons. The van der Waals surface area contributed by atoms with E-state index in [-0.39, 0.29) is 31.1 Å². The van der Waals surface area contributed by atoms with Crippen LogP contribution in [0.15, 0.2) is 161 Å². The number of anilines is 1. The molecule has 6 aromatic rings. The van der Waals surface area contributed by atoms with E-state index in [1.807, 2.05) is 81.4 Å². The van der Waals surface area contributed by atoms with Gasteiger partial charge in [-0.3, -0.25) is 4.79 Å². The van der Waals surface area contributed by atoms with Crippen molar-refractivity contribution in [3.8, 4) is 0 Å². The molecule has 2 unspecified atom stereocenters. The van der Waals surface area contributed by atoms with E-state index in [1.165, 1.54) is 28.2 Å². The van der Waals surface area contributed by atoms with Crippen LogP contribution in [0.3, 0.4) is 0 Å². The summed E-state index contributed by atoms with van der Waals surface area (Å²) in [7, 11) is -6.66. The maximum atomic E-state index is 12.7. The van der Waals surface area contributed by atoms with E-state index in [9.17, 15) is 36.9 Å². The van der Waals surface area contributed by atoms with Gasteiger partial charge >= 0.3 is 29.0 Å². The number of ketones is 1. The van der Waals surface area contributed by atoms with Crippen molar-refractivity contribution in [3.05, 3.63) is 174 Å². The average Bonchev–Trinajstić information content (AvgIpc) is 4.16. The topological polar surface area (TPSA) is 256 Å². The van der Waals surface area contributed by atoms with Gasteiger partial charge in [0.2, 0.25) is 0 Å². The van der Waals surface area contributed by atoms with Crippen LogP contribution in [-0.4, -0.2) is 116 Å². The molecule has 4 heterocycles. The van der Waals surface area contributed by atoms with Crippen LogP contribution in [0.1, 0.15) is 68.6 Å². The number of sulfonamides is 2. The summed E-state index contributed by atoms with van der Waals surface area (Å²) in [6.07, 6.45) is 0. The Morgan fingerprint density at radius 1 is 0.641 bits per heavy atom. The third-order valence-corrected chi connectivity index (χ3v) is 19.7. The van der Waals surface area contributed by atoms with Crippen LogP contribution in [-0.2, 0) is 60.2 Å². The number of carbonyl (C=O) groups is 1. The van der Waals surface area contributed by atoms with Crippen LogP contribution in [0.25, 0.3) is 5.57 Å². The minimum absolute atomic E-state index is 0.0303. The maximum absolute atomic E-state index is 12.7. The van der Waals surface area contributed by atoms with Gasteiger partial charge in [0.15, 0.2) is 5.78 Å². The standard InChI is InChI=1S/C18H24N2O4S2.C9H11BrO2.C9H9Br.C9H14N2O2S2.C8H7BrO.4O.Os/c1-14-12-19(26(23,24)17-4-3-11-25-17)9-10-20(14)16-7-5-15(6-8-16)18(2,22)13-21;1-9(12,6-11)7-2-4-8(10)5-3-7;1-7(2)8-3-5-9(10)6-4-8;1-8-7-11(5-4-10-8)15(12,13)9-3-2-6-14-9;1-6(10)7-2-4-8(9)5-3-7;;;;;/h3-8,11,14,21-22H,9-10,12-13H2,1-2H3;2-5,11-12H,6H2,1H3;3-6H,1H2,2H3;2-3,6,8,10H,4-5,7H2,1H3;2-5H,1H3;;;;;/t14-,18?;;;8-;;;;;;/m0..0....../s1. The van der Waals surface area contributed by atoms with E-state index >= 15 is 0 Å². The third-order valence-electron chi connectivity index (χ3n) is 11.6. The molecule has 4 atom stereocenters. The normalized spacial score (nSPS) is 17.4. The van der Waals surface area contributed by atoms with Crippen molar-refractivity contribution in [1.29, 1.82) is 0 Å². The molecule has 2 aliphatic heterocycles. The average molecular weight is 1520 g/mol. The van der Waals surface area contributed by atoms with Crippen LogP contribution in [0.5, 0.6) is 0 Å². The van der Waals surface area contributed by atoms with Crippen molar-refractivity contribution in [1.82, 2.24) is 13.9 Å². The number of thiophene rings is 2. The van der Waals surface area contributed by atoms with Gasteiger partial charge in [0.05, 0.1) is 13.2 Å². The zero-order valence-corrected chi connectivity index (χ0v) is 54.2. The van der Waals surface area contributed by atoms with Gasteiger partial charge in [-0.05, 0) is 130 Å². The quantitative estimate of drug-likeness (QED) is 0.0757. The number of hydrogen-bond donors (Lipinski definition) is 5. The van der Waals surface area contributed by atoms with Gasteiger partial charge < -0.3 is 30.6 Å². The predicted molar refractivity (Wildman–Crippen MR) is 310 cm³/mol. The molecule has 8 rings (SSSR count). The van der Waals surface area contributed by atoms with E-state index in [0.29, 0.717) is 52.3 Å². The Morgan fingerprint density at radius 3 is 1.37 bits per heavy atom. The number of benzene rings is 4. The second kappa shape index (κ2) is 31.6. The van der Waals surface area contributed by atoms with Crippen molar-refractivity contribution >= 4 is 108 Å². The molecule has 2 aliphatic rings. The second-order valence-corrected chi connectivity index (χ2v) is 29.6. The minimum atomic E-state index is -6.06. The summed E-state index contributed by atoms with van der Waals surface area (Å²) in [4.78, 5) is 12.9. The Bertz CT molecular complexity index is 3210. The number of aliphatic hydroxyl groups excluding tert-OH is 2. The van der Waals surface area contributed by atoms with Crippen molar-refractivity contribution < 1.29 is 71.1 Å². The summed E-state index contributed by atoms with van der Waals surface area (Å²) in [5.74, 6) is 0.104. The number of allylic oxidation sites excluding steroid dienone is 1. The first-order chi connectivity index (χ1) is 36.3. The zero-order valence-electron chi connectivity index (χ0n) is 43.6. The van der Waals surface area contributed by atoms with Gasteiger partial charge in [0, 0.05) is 76.0 Å². The van der Waals surface area contributed by atoms with Crippen molar-refractivity contribution in [2.75, 3.05) is 57.4 Å². The van der Waals surface area contributed by atoms with E-state index in [0.717, 1.165) is 36.8 Å². The Labute approximate surface area is 493 Å². The van der Waals surface area contributed by atoms with Crippen molar-refractivity contribution in [2.45, 2.75) is 73.2 Å². The van der Waals surface area contributed by atoms with Gasteiger partial charge in [0.1, 0.15) is 19.6 Å². The molecule has 78 heavy (non-hydrogen) atoms. The number of Topliss-reactive ketones (excluding diaryl/α,β-unsaturated/α-hetero) is 1. The summed E-state index contributed by atoms with van der Waals surface area (Å²) in [6, 6.07) is 37.1. The van der Waals surface area contributed by atoms with Crippen molar-refractivity contribution in [2.24, 2.45) is 0 Å². The van der Waals surface area contributed by atoms with Crippen molar-refractivity contribution in [3.63, 3.8) is 0 Å². The first-order valence-corrected chi connectivity index (χ1v) is 34.8. The molecule has 2 fully saturated rings. The molecule has 5 N–H and O–H groups in total. The van der Waals surface area contributed by atoms with Crippen LogP contribution in [0.2, 0.25) is 0 Å². The summed E-state index contributed by atoms with van der Waals surface area (Å²) >= 11 is 6.40. The molecule has 0 aliphatic carbocycles. The molecule has 428 valence electrons. The summed E-state index contributed by atoms with van der Waals surface area (Å²) in [6.45, 7) is 17.2. The Kier molecular flexibility index (Phi) is 27.8. The fraction of sp³-hybridized carbons (Fsp3) is 0.340. The number of hydrogen-bond acceptors (Lipinski definition) is 17. The molecule has 2 aromatic heterocycles. The molecule has 4 aromatic carbocycles. The van der Waals surface area contributed by atoms with Crippen LogP contribution >= 0.6 is 70.5 Å². The second-order valence-electron chi connectivity index (χ2n) is 18.1. The molecule has 0 spiro atoms.